The summed E-state index contributed by atoms with van der Waals surface area (Å²) in [7, 11) is 0. The van der Waals surface area contributed by atoms with E-state index in [9.17, 15) is 4.79 Å². The van der Waals surface area contributed by atoms with Crippen molar-refractivity contribution in [2.45, 2.75) is 39.7 Å². The van der Waals surface area contributed by atoms with Crippen molar-refractivity contribution in [1.29, 1.82) is 0 Å². The molecule has 2 saturated heterocycles. The van der Waals surface area contributed by atoms with Crippen LogP contribution in [0.1, 0.15) is 38.7 Å². The SMILES string of the molecule is CCCOc1ccc(CN=C(NCC)N2CCN(CC(=O)N3CCCC3)CC2)cn1.I. The molecule has 0 spiro atoms. The van der Waals surface area contributed by atoms with Crippen LogP contribution >= 0.6 is 24.0 Å². The van der Waals surface area contributed by atoms with E-state index in [0.717, 1.165) is 76.6 Å². The van der Waals surface area contributed by atoms with E-state index in [1.54, 1.807) is 0 Å². The highest BCUT2D eigenvalue weighted by Crippen LogP contribution is 2.11. The third-order valence-electron chi connectivity index (χ3n) is 5.49. The van der Waals surface area contributed by atoms with Crippen molar-refractivity contribution in [1.82, 2.24) is 25.0 Å². The third kappa shape index (κ3) is 8.10. The lowest BCUT2D eigenvalue weighted by atomic mass is 10.3. The first-order valence-electron chi connectivity index (χ1n) is 11.3. The maximum atomic E-state index is 12.4. The number of nitrogens with zero attached hydrogens (tertiary/aromatic N) is 5. The van der Waals surface area contributed by atoms with E-state index in [0.29, 0.717) is 25.6 Å². The Labute approximate surface area is 203 Å². The normalized spacial score (nSPS) is 17.4. The number of piperazine rings is 1. The summed E-state index contributed by atoms with van der Waals surface area (Å²) < 4.78 is 5.54. The lowest BCUT2D eigenvalue weighted by Crippen LogP contribution is -2.54. The number of nitrogens with one attached hydrogen (secondary N) is 1. The van der Waals surface area contributed by atoms with Crippen LogP contribution in [-0.2, 0) is 11.3 Å². The summed E-state index contributed by atoms with van der Waals surface area (Å²) in [5.41, 5.74) is 1.06. The number of aliphatic imine (C=N–C) groups is 1. The second-order valence-corrected chi connectivity index (χ2v) is 7.87. The Morgan fingerprint density at radius 1 is 1.10 bits per heavy atom. The molecule has 174 valence electrons. The molecule has 2 aliphatic rings. The van der Waals surface area contributed by atoms with Crippen molar-refractivity contribution in [3.63, 3.8) is 0 Å². The Morgan fingerprint density at radius 2 is 1.84 bits per heavy atom. The highest BCUT2D eigenvalue weighted by atomic mass is 127. The first kappa shape index (κ1) is 25.6. The van der Waals surface area contributed by atoms with Crippen molar-refractivity contribution in [2.24, 2.45) is 4.99 Å². The van der Waals surface area contributed by atoms with Crippen molar-refractivity contribution >= 4 is 35.8 Å². The van der Waals surface area contributed by atoms with Crippen LogP contribution in [-0.4, -0.2) is 90.5 Å². The maximum Gasteiger partial charge on any atom is 0.236 e. The lowest BCUT2D eigenvalue weighted by molar-refractivity contribution is -0.131. The van der Waals surface area contributed by atoms with Crippen LogP contribution in [0.4, 0.5) is 0 Å². The summed E-state index contributed by atoms with van der Waals surface area (Å²) in [6.07, 6.45) is 5.09. The predicted octanol–water partition coefficient (Wildman–Crippen LogP) is 2.19. The number of guanidine groups is 1. The van der Waals surface area contributed by atoms with Gasteiger partial charge in [0.25, 0.3) is 0 Å². The molecule has 1 aromatic heterocycles. The van der Waals surface area contributed by atoms with Crippen LogP contribution in [0.3, 0.4) is 0 Å². The predicted molar refractivity (Wildman–Crippen MR) is 134 cm³/mol. The van der Waals surface area contributed by atoms with Gasteiger partial charge in [-0.3, -0.25) is 9.69 Å². The van der Waals surface area contributed by atoms with Crippen LogP contribution in [0.25, 0.3) is 0 Å². The van der Waals surface area contributed by atoms with Crippen molar-refractivity contribution < 1.29 is 9.53 Å². The summed E-state index contributed by atoms with van der Waals surface area (Å²) in [5.74, 6) is 1.87. The van der Waals surface area contributed by atoms with Gasteiger partial charge >= 0.3 is 0 Å². The number of carbonyl (C=O) groups is 1. The molecule has 31 heavy (non-hydrogen) atoms. The number of likely N-dealkylation sites (tertiary alicyclic amines) is 1. The zero-order chi connectivity index (χ0) is 21.2. The monoisotopic (exact) mass is 544 g/mol. The van der Waals surface area contributed by atoms with Gasteiger partial charge in [-0.2, -0.15) is 0 Å². The molecule has 0 atom stereocenters. The lowest BCUT2D eigenvalue weighted by Gasteiger charge is -2.36. The number of hydrogen-bond acceptors (Lipinski definition) is 5. The number of amides is 1. The van der Waals surface area contributed by atoms with Gasteiger partial charge in [0.1, 0.15) is 0 Å². The molecule has 1 N–H and O–H groups in total. The molecule has 0 radical (unpaired) electrons. The molecule has 1 amide bonds. The smallest absolute Gasteiger partial charge is 0.236 e. The van der Waals surface area contributed by atoms with Gasteiger partial charge in [0.05, 0.1) is 19.7 Å². The van der Waals surface area contributed by atoms with Gasteiger partial charge in [0.2, 0.25) is 11.8 Å². The summed E-state index contributed by atoms with van der Waals surface area (Å²) >= 11 is 0. The van der Waals surface area contributed by atoms with Crippen LogP contribution in [0.5, 0.6) is 5.88 Å². The number of aromatic nitrogens is 1. The molecular formula is C22H37IN6O2. The fourth-order valence-corrected chi connectivity index (χ4v) is 3.76. The molecule has 9 heteroatoms. The summed E-state index contributed by atoms with van der Waals surface area (Å²) in [6, 6.07) is 3.93. The Balaban J connectivity index is 0.00000341. The molecule has 8 nitrogen and oxygen atoms in total. The average Bonchev–Trinajstić information content (AvgIpc) is 3.32. The Morgan fingerprint density at radius 3 is 2.45 bits per heavy atom. The topological polar surface area (TPSA) is 73.3 Å². The molecule has 0 bridgehead atoms. The summed E-state index contributed by atoms with van der Waals surface area (Å²) in [6.45, 7) is 12.2. The number of carbonyl (C=O) groups excluding carboxylic acids is 1. The van der Waals surface area contributed by atoms with Crippen molar-refractivity contribution in [3.8, 4) is 5.88 Å². The van der Waals surface area contributed by atoms with Gasteiger partial charge in [-0.05, 0) is 31.7 Å². The molecule has 0 aliphatic carbocycles. The fourth-order valence-electron chi connectivity index (χ4n) is 3.76. The van der Waals surface area contributed by atoms with Crippen molar-refractivity contribution in [2.75, 3.05) is 59.0 Å². The Kier molecular flexibility index (Phi) is 11.3. The minimum Gasteiger partial charge on any atom is -0.478 e. The molecule has 2 aliphatic heterocycles. The van der Waals surface area contributed by atoms with E-state index in [4.69, 9.17) is 9.73 Å². The summed E-state index contributed by atoms with van der Waals surface area (Å²) in [4.78, 5) is 28.1. The van der Waals surface area contributed by atoms with Gasteiger partial charge in [0.15, 0.2) is 5.96 Å². The van der Waals surface area contributed by atoms with Gasteiger partial charge in [-0.25, -0.2) is 9.98 Å². The second kappa shape index (κ2) is 13.7. The van der Waals surface area contributed by atoms with E-state index in [1.807, 2.05) is 23.2 Å². The van der Waals surface area contributed by atoms with E-state index < -0.39 is 0 Å². The zero-order valence-corrected chi connectivity index (χ0v) is 21.2. The molecule has 0 saturated carbocycles. The highest BCUT2D eigenvalue weighted by Gasteiger charge is 2.24. The summed E-state index contributed by atoms with van der Waals surface area (Å²) in [5, 5.41) is 3.40. The Hall–Kier alpha value is -1.62. The van der Waals surface area contributed by atoms with Crippen LogP contribution in [0, 0.1) is 0 Å². The highest BCUT2D eigenvalue weighted by molar-refractivity contribution is 14.0. The number of ether oxygens (including phenoxy) is 1. The molecule has 0 aromatic carbocycles. The molecule has 3 rings (SSSR count). The molecular weight excluding hydrogens is 507 g/mol. The second-order valence-electron chi connectivity index (χ2n) is 7.87. The average molecular weight is 544 g/mol. The Bertz CT molecular complexity index is 686. The molecule has 1 aromatic rings. The van der Waals surface area contributed by atoms with E-state index in [2.05, 4.69) is 33.9 Å². The number of hydrogen-bond donors (Lipinski definition) is 1. The van der Waals surface area contributed by atoms with E-state index in [1.165, 1.54) is 0 Å². The van der Waals surface area contributed by atoms with Crippen LogP contribution in [0.15, 0.2) is 23.3 Å². The minimum atomic E-state index is 0. The van der Waals surface area contributed by atoms with Crippen LogP contribution in [0.2, 0.25) is 0 Å². The van der Waals surface area contributed by atoms with E-state index >= 15 is 0 Å². The first-order chi connectivity index (χ1) is 14.7. The van der Waals surface area contributed by atoms with E-state index in [-0.39, 0.29) is 29.9 Å². The van der Waals surface area contributed by atoms with Gasteiger partial charge in [-0.15, -0.1) is 24.0 Å². The largest absolute Gasteiger partial charge is 0.478 e. The van der Waals surface area contributed by atoms with Crippen molar-refractivity contribution in [3.05, 3.63) is 23.9 Å². The number of halogens is 1. The molecule has 3 heterocycles. The zero-order valence-electron chi connectivity index (χ0n) is 18.9. The van der Waals surface area contributed by atoms with Gasteiger partial charge in [0, 0.05) is 58.1 Å². The standard InChI is InChI=1S/C22H36N6O2.HI/c1-3-15-30-20-8-7-19(16-24-20)17-25-22(23-4-2)28-13-11-26(12-14-28)18-21(29)27-9-5-6-10-27;/h7-8,16H,3-6,9-15,17-18H2,1-2H3,(H,23,25);1H. The number of pyridine rings is 1. The van der Waals surface area contributed by atoms with Gasteiger partial charge in [-0.1, -0.05) is 13.0 Å². The molecule has 2 fully saturated rings. The maximum absolute atomic E-state index is 12.4. The quantitative estimate of drug-likeness (QED) is 0.308. The first-order valence-corrected chi connectivity index (χ1v) is 11.3. The molecule has 0 unspecified atom stereocenters. The fraction of sp³-hybridized carbons (Fsp3) is 0.682. The van der Waals surface area contributed by atoms with Gasteiger partial charge < -0.3 is 19.9 Å². The number of rotatable bonds is 8. The van der Waals surface area contributed by atoms with Crippen LogP contribution < -0.4 is 10.1 Å². The third-order valence-corrected chi connectivity index (χ3v) is 5.49. The minimum absolute atomic E-state index is 0.